The number of hydrogen-bond acceptors (Lipinski definition) is 3. The second kappa shape index (κ2) is 10.6. The molecular weight excluding hydrogens is 359 g/mol. The Morgan fingerprint density at radius 3 is 1.70 bits per heavy atom. The van der Waals surface area contributed by atoms with E-state index in [9.17, 15) is 9.59 Å². The number of Topliss-reactive ketones (excluding diaryl/α,β-unsaturated/α-hetero) is 1. The zero-order valence-corrected chi connectivity index (χ0v) is 17.3. The average Bonchev–Trinajstić information content (AvgIpc) is 2.43. The van der Waals surface area contributed by atoms with E-state index in [0.717, 1.165) is 34.6 Å². The van der Waals surface area contributed by atoms with Crippen molar-refractivity contribution in [3.8, 4) is 0 Å². The topological polar surface area (TPSA) is 43.4 Å². The summed E-state index contributed by atoms with van der Waals surface area (Å²) in [5.41, 5.74) is -0.881. The van der Waals surface area contributed by atoms with Crippen LogP contribution >= 0.6 is 0 Å². The van der Waals surface area contributed by atoms with Crippen molar-refractivity contribution in [1.29, 1.82) is 0 Å². The van der Waals surface area contributed by atoms with Crippen LogP contribution in [0.3, 0.4) is 0 Å². The monoisotopic (exact) mass is 392 g/mol. The number of ketones is 1. The van der Waals surface area contributed by atoms with Gasteiger partial charge in [0.2, 0.25) is 0 Å². The standard InChI is InChI=1S/C8H14O3.2C4H9.Sn.H/c1-4-8(5-2,6(3)9)7(10)11;2*1-3-4-2;;/h4-5H2,1-3H3,(H,10,11);2*1,3-4H2,2H3;;/q;;;+1;/p-1. The molecule has 0 bridgehead atoms. The molecule has 0 unspecified atom stereocenters. The minimum absolute atomic E-state index is 0.0384. The molecule has 4 heteroatoms. The van der Waals surface area contributed by atoms with Crippen molar-refractivity contribution in [1.82, 2.24) is 0 Å². The summed E-state index contributed by atoms with van der Waals surface area (Å²) in [6.07, 6.45) is 5.72. The summed E-state index contributed by atoms with van der Waals surface area (Å²) >= 11 is -2.25. The van der Waals surface area contributed by atoms with Gasteiger partial charge in [-0.1, -0.05) is 0 Å². The van der Waals surface area contributed by atoms with Crippen molar-refractivity contribution >= 4 is 31.9 Å². The van der Waals surface area contributed by atoms with Crippen LogP contribution in [-0.2, 0) is 12.7 Å². The Morgan fingerprint density at radius 2 is 1.40 bits per heavy atom. The second-order valence-corrected chi connectivity index (χ2v) is 13.2. The normalized spacial score (nSPS) is 11.7. The van der Waals surface area contributed by atoms with Crippen molar-refractivity contribution in [3.05, 3.63) is 0 Å². The fraction of sp³-hybridized carbons (Fsp3) is 0.875. The fourth-order valence-corrected chi connectivity index (χ4v) is 10.5. The number of rotatable bonds is 11. The van der Waals surface area contributed by atoms with Gasteiger partial charge < -0.3 is 0 Å². The van der Waals surface area contributed by atoms with Gasteiger partial charge in [-0.15, -0.1) is 0 Å². The van der Waals surface area contributed by atoms with Crippen LogP contribution in [0, 0.1) is 5.41 Å². The second-order valence-electron chi connectivity index (χ2n) is 5.66. The molecule has 0 aliphatic carbocycles. The first-order valence-electron chi connectivity index (χ1n) is 8.20. The van der Waals surface area contributed by atoms with Gasteiger partial charge in [-0.3, -0.25) is 0 Å². The van der Waals surface area contributed by atoms with E-state index >= 15 is 0 Å². The van der Waals surface area contributed by atoms with Gasteiger partial charge in [0.25, 0.3) is 0 Å². The van der Waals surface area contributed by atoms with Crippen LogP contribution in [0.4, 0.5) is 0 Å². The molecule has 118 valence electrons. The zero-order valence-electron chi connectivity index (χ0n) is 14.0. The minimum atomic E-state index is -2.25. The molecule has 0 saturated carbocycles. The van der Waals surface area contributed by atoms with Crippen LogP contribution in [0.5, 0.6) is 0 Å². The third kappa shape index (κ3) is 5.74. The predicted octanol–water partition coefficient (Wildman–Crippen LogP) is 4.25. The fourth-order valence-electron chi connectivity index (χ4n) is 2.57. The molecule has 20 heavy (non-hydrogen) atoms. The molecule has 0 spiro atoms. The number of unbranched alkanes of at least 4 members (excludes halogenated alkanes) is 2. The van der Waals surface area contributed by atoms with Gasteiger partial charge in [-0.2, -0.15) is 0 Å². The summed E-state index contributed by atoms with van der Waals surface area (Å²) in [7, 11) is 0. The Morgan fingerprint density at radius 1 is 0.950 bits per heavy atom. The first-order valence-corrected chi connectivity index (χ1v) is 14.2. The first kappa shape index (κ1) is 19.9. The van der Waals surface area contributed by atoms with Crippen molar-refractivity contribution in [2.75, 3.05) is 0 Å². The van der Waals surface area contributed by atoms with Gasteiger partial charge in [0.15, 0.2) is 0 Å². The van der Waals surface area contributed by atoms with Crippen molar-refractivity contribution in [3.63, 3.8) is 0 Å². The van der Waals surface area contributed by atoms with Crippen LogP contribution in [0.25, 0.3) is 0 Å². The maximum absolute atomic E-state index is 12.5. The van der Waals surface area contributed by atoms with Crippen molar-refractivity contribution in [2.24, 2.45) is 5.41 Å². The molecule has 3 nitrogen and oxygen atoms in total. The van der Waals surface area contributed by atoms with Gasteiger partial charge in [-0.05, 0) is 0 Å². The Kier molecular flexibility index (Phi) is 10.6. The van der Waals surface area contributed by atoms with Gasteiger partial charge in [0.05, 0.1) is 0 Å². The molecule has 0 saturated heterocycles. The van der Waals surface area contributed by atoms with E-state index < -0.39 is 25.6 Å². The molecule has 0 fully saturated rings. The van der Waals surface area contributed by atoms with Gasteiger partial charge in [0.1, 0.15) is 0 Å². The Hall–Kier alpha value is -0.0613. The maximum atomic E-state index is 12.5. The molecule has 0 aromatic rings. The van der Waals surface area contributed by atoms with E-state index in [1.165, 1.54) is 6.92 Å². The first-order chi connectivity index (χ1) is 9.48. The molecule has 0 rings (SSSR count). The molecule has 0 atom stereocenters. The molecule has 0 amide bonds. The summed E-state index contributed by atoms with van der Waals surface area (Å²) in [4.78, 5) is 24.4. The Labute approximate surface area is 132 Å². The molecule has 0 aromatic heterocycles. The zero-order chi connectivity index (χ0) is 15.6. The van der Waals surface area contributed by atoms with E-state index in [1.54, 1.807) is 0 Å². The van der Waals surface area contributed by atoms with Crippen LogP contribution in [0.2, 0.25) is 8.87 Å². The summed E-state index contributed by atoms with van der Waals surface area (Å²) in [6, 6.07) is 0. The SMILES string of the molecule is CCC[CH2][SnH]([CH2]CCC)[O]C(=O)C(CC)(CC)C(C)=O. The van der Waals surface area contributed by atoms with Crippen LogP contribution in [0.15, 0.2) is 0 Å². The molecule has 0 aliphatic rings. The molecule has 0 aliphatic heterocycles. The van der Waals surface area contributed by atoms with Gasteiger partial charge in [0, 0.05) is 0 Å². The quantitative estimate of drug-likeness (QED) is 0.391. The van der Waals surface area contributed by atoms with Crippen LogP contribution < -0.4 is 0 Å². The Bertz CT molecular complexity index is 290. The molecule has 0 heterocycles. The average molecular weight is 391 g/mol. The predicted molar refractivity (Wildman–Crippen MR) is 86.4 cm³/mol. The molecule has 0 radical (unpaired) electrons. The molecule has 0 aromatic carbocycles. The molecule has 0 N–H and O–H groups in total. The van der Waals surface area contributed by atoms with E-state index in [4.69, 9.17) is 3.07 Å². The van der Waals surface area contributed by atoms with Gasteiger partial charge in [-0.25, -0.2) is 0 Å². The molecular formula is C16H32O3Sn. The van der Waals surface area contributed by atoms with E-state index in [1.807, 2.05) is 13.8 Å². The Balaban J connectivity index is 4.81. The third-order valence-electron chi connectivity index (χ3n) is 4.30. The summed E-state index contributed by atoms with van der Waals surface area (Å²) in [5, 5.41) is 0. The van der Waals surface area contributed by atoms with Gasteiger partial charge >= 0.3 is 132 Å². The summed E-state index contributed by atoms with van der Waals surface area (Å²) in [5.74, 6) is -0.258. The van der Waals surface area contributed by atoms with E-state index in [0.29, 0.717) is 12.8 Å². The number of hydrogen-bond donors (Lipinski definition) is 0. The van der Waals surface area contributed by atoms with Crippen LogP contribution in [0.1, 0.15) is 73.1 Å². The number of carbonyl (C=O) groups is 2. The summed E-state index contributed by atoms with van der Waals surface area (Å²) in [6.45, 7) is 9.69. The van der Waals surface area contributed by atoms with Crippen molar-refractivity contribution in [2.45, 2.75) is 82.0 Å². The van der Waals surface area contributed by atoms with E-state index in [-0.39, 0.29) is 11.8 Å². The van der Waals surface area contributed by atoms with Crippen LogP contribution in [-0.4, -0.2) is 31.9 Å². The summed E-state index contributed by atoms with van der Waals surface area (Å²) < 4.78 is 8.15. The third-order valence-corrected chi connectivity index (χ3v) is 11.9. The number of carbonyl (C=O) groups excluding carboxylic acids is 2. The van der Waals surface area contributed by atoms with E-state index in [2.05, 4.69) is 13.8 Å². The van der Waals surface area contributed by atoms with Crippen molar-refractivity contribution < 1.29 is 12.7 Å².